The van der Waals surface area contributed by atoms with Gasteiger partial charge in [-0.1, -0.05) is 0 Å². The fraction of sp³-hybridized carbons (Fsp3) is 0.273. The number of aryl methyl sites for hydroxylation is 2. The molecule has 1 aromatic carbocycles. The summed E-state index contributed by atoms with van der Waals surface area (Å²) in [5.41, 5.74) is 1.65. The van der Waals surface area contributed by atoms with Crippen LogP contribution in [0.4, 0.5) is 0 Å². The molecule has 0 spiro atoms. The van der Waals surface area contributed by atoms with Gasteiger partial charge in [0.15, 0.2) is 0 Å². The number of carboxylic acid groups (broad SMARTS) is 1. The first-order valence-corrected chi connectivity index (χ1v) is 4.80. The second-order valence-electron chi connectivity index (χ2n) is 3.55. The van der Waals surface area contributed by atoms with Crippen molar-refractivity contribution in [1.29, 1.82) is 0 Å². The molecule has 0 radical (unpaired) electrons. The van der Waals surface area contributed by atoms with Gasteiger partial charge in [0.2, 0.25) is 0 Å². The van der Waals surface area contributed by atoms with Gasteiger partial charge < -0.3 is 9.84 Å². The summed E-state index contributed by atoms with van der Waals surface area (Å²) in [6.45, 7) is 1.79. The van der Waals surface area contributed by atoms with Crippen LogP contribution < -0.4 is 4.74 Å². The van der Waals surface area contributed by atoms with Gasteiger partial charge in [-0.2, -0.15) is 5.10 Å². The summed E-state index contributed by atoms with van der Waals surface area (Å²) in [5, 5.41) is 14.1. The number of carbonyl (C=O) groups is 1. The highest BCUT2D eigenvalue weighted by Crippen LogP contribution is 2.29. The summed E-state index contributed by atoms with van der Waals surface area (Å²) < 4.78 is 6.72. The average Bonchev–Trinajstić information content (AvgIpc) is 2.53. The number of aromatic nitrogens is 2. The van der Waals surface area contributed by atoms with Crippen LogP contribution in [-0.4, -0.2) is 28.0 Å². The van der Waals surface area contributed by atoms with Crippen molar-refractivity contribution in [1.82, 2.24) is 9.78 Å². The molecule has 0 aliphatic carbocycles. The van der Waals surface area contributed by atoms with Gasteiger partial charge in [0, 0.05) is 12.4 Å². The molecule has 84 valence electrons. The number of carboxylic acids is 1. The molecule has 0 fully saturated rings. The van der Waals surface area contributed by atoms with E-state index in [9.17, 15) is 9.90 Å². The molecular weight excluding hydrogens is 208 g/mol. The number of rotatable bonds is 2. The maximum atomic E-state index is 11.2. The average molecular weight is 220 g/mol. The van der Waals surface area contributed by atoms with Crippen LogP contribution >= 0.6 is 0 Å². The summed E-state index contributed by atoms with van der Waals surface area (Å²) in [6.07, 6.45) is 0. The number of methoxy groups -OCH3 is 1. The lowest BCUT2D eigenvalue weighted by Crippen LogP contribution is -2.02. The summed E-state index contributed by atoms with van der Waals surface area (Å²) in [6, 6.07) is 3.45. The maximum absolute atomic E-state index is 11.2. The third kappa shape index (κ3) is 1.32. The summed E-state index contributed by atoms with van der Waals surface area (Å²) >= 11 is 0. The van der Waals surface area contributed by atoms with Crippen LogP contribution in [0.15, 0.2) is 12.1 Å². The minimum Gasteiger partial charge on any atom is -0.496 e. The third-order valence-corrected chi connectivity index (χ3v) is 2.59. The Labute approximate surface area is 92.2 Å². The summed E-state index contributed by atoms with van der Waals surface area (Å²) in [5.74, 6) is -0.644. The minimum atomic E-state index is -1.00. The van der Waals surface area contributed by atoms with Crippen molar-refractivity contribution in [3.63, 3.8) is 0 Å². The van der Waals surface area contributed by atoms with Gasteiger partial charge in [0.05, 0.1) is 18.3 Å². The van der Waals surface area contributed by atoms with Crippen LogP contribution in [0.25, 0.3) is 10.9 Å². The molecule has 0 aliphatic rings. The standard InChI is InChI=1S/C11H12N2O3/c1-6-9-7(13(2)12-6)4-5-8(16-3)10(9)11(14)15/h4-5H,1-3H3,(H,14,15). The van der Waals surface area contributed by atoms with Crippen molar-refractivity contribution in [2.45, 2.75) is 6.92 Å². The molecule has 0 unspecified atom stereocenters. The highest BCUT2D eigenvalue weighted by molar-refractivity contribution is 6.06. The minimum absolute atomic E-state index is 0.172. The zero-order valence-electron chi connectivity index (χ0n) is 9.31. The van der Waals surface area contributed by atoms with Crippen molar-refractivity contribution >= 4 is 16.9 Å². The van der Waals surface area contributed by atoms with E-state index in [1.165, 1.54) is 7.11 Å². The van der Waals surface area contributed by atoms with Crippen LogP contribution in [0.1, 0.15) is 16.1 Å². The van der Waals surface area contributed by atoms with Crippen LogP contribution in [0.3, 0.4) is 0 Å². The van der Waals surface area contributed by atoms with E-state index in [-0.39, 0.29) is 5.56 Å². The van der Waals surface area contributed by atoms with E-state index < -0.39 is 5.97 Å². The Morgan fingerprint density at radius 2 is 2.19 bits per heavy atom. The van der Waals surface area contributed by atoms with E-state index >= 15 is 0 Å². The van der Waals surface area contributed by atoms with Gasteiger partial charge in [-0.25, -0.2) is 4.79 Å². The van der Waals surface area contributed by atoms with Gasteiger partial charge in [0.25, 0.3) is 0 Å². The highest BCUT2D eigenvalue weighted by Gasteiger charge is 2.19. The second-order valence-corrected chi connectivity index (χ2v) is 3.55. The molecule has 0 saturated carbocycles. The predicted octanol–water partition coefficient (Wildman–Crippen LogP) is 1.59. The topological polar surface area (TPSA) is 64.4 Å². The Hall–Kier alpha value is -2.04. The van der Waals surface area contributed by atoms with Crippen molar-refractivity contribution in [2.75, 3.05) is 7.11 Å². The summed E-state index contributed by atoms with van der Waals surface area (Å²) in [4.78, 5) is 11.2. The Morgan fingerprint density at radius 1 is 1.50 bits per heavy atom. The molecule has 16 heavy (non-hydrogen) atoms. The number of benzene rings is 1. The Morgan fingerprint density at radius 3 is 2.75 bits per heavy atom. The van der Waals surface area contributed by atoms with Gasteiger partial charge in [-0.05, 0) is 19.1 Å². The molecule has 1 N–H and O–H groups in total. The lowest BCUT2D eigenvalue weighted by atomic mass is 10.1. The fourth-order valence-corrected chi connectivity index (χ4v) is 1.92. The number of hydrogen-bond acceptors (Lipinski definition) is 3. The molecule has 2 rings (SSSR count). The first-order valence-electron chi connectivity index (χ1n) is 4.80. The molecule has 0 saturated heterocycles. The molecule has 5 heteroatoms. The van der Waals surface area contributed by atoms with Crippen LogP contribution in [0, 0.1) is 6.92 Å². The van der Waals surface area contributed by atoms with E-state index in [0.29, 0.717) is 16.8 Å². The third-order valence-electron chi connectivity index (χ3n) is 2.59. The molecule has 0 atom stereocenters. The van der Waals surface area contributed by atoms with Gasteiger partial charge in [-0.15, -0.1) is 0 Å². The number of nitrogens with zero attached hydrogens (tertiary/aromatic N) is 2. The predicted molar refractivity (Wildman–Crippen MR) is 59.0 cm³/mol. The molecule has 2 aromatic rings. The highest BCUT2D eigenvalue weighted by atomic mass is 16.5. The molecular formula is C11H12N2O3. The Balaban J connectivity index is 2.93. The smallest absolute Gasteiger partial charge is 0.340 e. The van der Waals surface area contributed by atoms with Gasteiger partial charge >= 0.3 is 5.97 Å². The van der Waals surface area contributed by atoms with E-state index in [4.69, 9.17) is 4.74 Å². The lowest BCUT2D eigenvalue weighted by Gasteiger charge is -2.06. The number of aromatic carboxylic acids is 1. The Kier molecular flexibility index (Phi) is 2.30. The largest absolute Gasteiger partial charge is 0.496 e. The van der Waals surface area contributed by atoms with Crippen molar-refractivity contribution < 1.29 is 14.6 Å². The molecule has 0 aliphatic heterocycles. The number of fused-ring (bicyclic) bond motifs is 1. The van der Waals surface area contributed by atoms with Crippen molar-refractivity contribution in [3.8, 4) is 5.75 Å². The second kappa shape index (κ2) is 3.52. The fourth-order valence-electron chi connectivity index (χ4n) is 1.92. The van der Waals surface area contributed by atoms with Crippen molar-refractivity contribution in [3.05, 3.63) is 23.4 Å². The van der Waals surface area contributed by atoms with E-state index in [1.54, 1.807) is 30.8 Å². The summed E-state index contributed by atoms with van der Waals surface area (Å²) in [7, 11) is 3.24. The molecule has 0 bridgehead atoms. The van der Waals surface area contributed by atoms with Crippen LogP contribution in [0.5, 0.6) is 5.75 Å². The monoisotopic (exact) mass is 220 g/mol. The first kappa shape index (κ1) is 10.5. The molecule has 5 nitrogen and oxygen atoms in total. The molecule has 0 amide bonds. The SMILES string of the molecule is COc1ccc2c(c(C)nn2C)c1C(=O)O. The van der Waals surface area contributed by atoms with Crippen LogP contribution in [-0.2, 0) is 7.05 Å². The quantitative estimate of drug-likeness (QED) is 0.834. The number of ether oxygens (including phenoxy) is 1. The zero-order valence-corrected chi connectivity index (χ0v) is 9.31. The normalized spacial score (nSPS) is 10.7. The molecule has 1 heterocycles. The maximum Gasteiger partial charge on any atom is 0.340 e. The number of hydrogen-bond donors (Lipinski definition) is 1. The zero-order chi connectivity index (χ0) is 11.9. The van der Waals surface area contributed by atoms with E-state index in [2.05, 4.69) is 5.10 Å². The Bertz CT molecular complexity index is 572. The van der Waals surface area contributed by atoms with E-state index in [1.807, 2.05) is 0 Å². The lowest BCUT2D eigenvalue weighted by molar-refractivity contribution is 0.0695. The van der Waals surface area contributed by atoms with Gasteiger partial charge in [0.1, 0.15) is 11.3 Å². The first-order chi connectivity index (χ1) is 7.56. The van der Waals surface area contributed by atoms with Crippen molar-refractivity contribution in [2.24, 2.45) is 7.05 Å². The van der Waals surface area contributed by atoms with Gasteiger partial charge in [-0.3, -0.25) is 4.68 Å². The van der Waals surface area contributed by atoms with Crippen LogP contribution in [0.2, 0.25) is 0 Å². The molecule has 1 aromatic heterocycles. The van der Waals surface area contributed by atoms with E-state index in [0.717, 1.165) is 5.52 Å².